The maximum Gasteiger partial charge on any atom is 0.401 e. The summed E-state index contributed by atoms with van der Waals surface area (Å²) in [7, 11) is 1.13. The predicted octanol–water partition coefficient (Wildman–Crippen LogP) is 2.84. The summed E-state index contributed by atoms with van der Waals surface area (Å²) in [5.41, 5.74) is 0.377. The Balaban J connectivity index is 2.85. The molecule has 1 rings (SSSR count). The van der Waals surface area contributed by atoms with E-state index in [9.17, 15) is 18.0 Å². The molecule has 0 aliphatic rings. The van der Waals surface area contributed by atoms with Gasteiger partial charge in [0, 0.05) is 0 Å². The number of methoxy groups -OCH3 is 1. The Bertz CT molecular complexity index is 458. The Morgan fingerprint density at radius 1 is 1.24 bits per heavy atom. The predicted molar refractivity (Wildman–Crippen MR) is 71.0 cm³/mol. The number of rotatable bonds is 6. The molecule has 0 radical (unpaired) electrons. The fourth-order valence-corrected chi connectivity index (χ4v) is 1.68. The molecule has 1 aromatic rings. The highest BCUT2D eigenvalue weighted by molar-refractivity contribution is 5.77. The molecule has 1 aromatic carbocycles. The van der Waals surface area contributed by atoms with Gasteiger partial charge in [-0.3, -0.25) is 5.32 Å². The number of ether oxygens (including phenoxy) is 2. The number of esters is 1. The zero-order valence-electron chi connectivity index (χ0n) is 12.0. The van der Waals surface area contributed by atoms with Crippen LogP contribution in [0, 0.1) is 0 Å². The van der Waals surface area contributed by atoms with Gasteiger partial charge in [-0.2, -0.15) is 13.2 Å². The van der Waals surface area contributed by atoms with Gasteiger partial charge >= 0.3 is 12.1 Å². The van der Waals surface area contributed by atoms with E-state index in [1.165, 1.54) is 12.1 Å². The van der Waals surface area contributed by atoms with Crippen molar-refractivity contribution in [2.45, 2.75) is 32.2 Å². The first-order valence-corrected chi connectivity index (χ1v) is 6.37. The van der Waals surface area contributed by atoms with E-state index in [4.69, 9.17) is 4.74 Å². The van der Waals surface area contributed by atoms with Crippen LogP contribution < -0.4 is 10.1 Å². The first-order chi connectivity index (χ1) is 9.73. The molecule has 21 heavy (non-hydrogen) atoms. The zero-order chi connectivity index (χ0) is 16.0. The first kappa shape index (κ1) is 17.3. The number of carbonyl (C=O) groups excluding carboxylic acids is 1. The van der Waals surface area contributed by atoms with Gasteiger partial charge in [-0.05, 0) is 31.5 Å². The van der Waals surface area contributed by atoms with Crippen molar-refractivity contribution >= 4 is 5.97 Å². The van der Waals surface area contributed by atoms with Crippen molar-refractivity contribution in [2.24, 2.45) is 0 Å². The van der Waals surface area contributed by atoms with Crippen LogP contribution in [0.3, 0.4) is 0 Å². The van der Waals surface area contributed by atoms with Gasteiger partial charge in [0.1, 0.15) is 11.8 Å². The van der Waals surface area contributed by atoms with Gasteiger partial charge in [0.25, 0.3) is 0 Å². The third-order valence-electron chi connectivity index (χ3n) is 2.53. The molecule has 0 aliphatic carbocycles. The minimum Gasteiger partial charge on any atom is -0.491 e. The molecule has 0 bridgehead atoms. The van der Waals surface area contributed by atoms with Crippen LogP contribution in [0.25, 0.3) is 0 Å². The molecule has 0 aromatic heterocycles. The number of carbonyl (C=O) groups is 1. The smallest absolute Gasteiger partial charge is 0.401 e. The zero-order valence-corrected chi connectivity index (χ0v) is 12.0. The van der Waals surface area contributed by atoms with E-state index < -0.39 is 24.7 Å². The molecule has 0 amide bonds. The lowest BCUT2D eigenvalue weighted by molar-refractivity contribution is -0.146. The largest absolute Gasteiger partial charge is 0.491 e. The Labute approximate surface area is 121 Å². The molecule has 0 fully saturated rings. The lowest BCUT2D eigenvalue weighted by Gasteiger charge is -2.18. The maximum absolute atomic E-state index is 12.3. The summed E-state index contributed by atoms with van der Waals surface area (Å²) < 4.78 is 46.8. The first-order valence-electron chi connectivity index (χ1n) is 6.37. The summed E-state index contributed by atoms with van der Waals surface area (Å²) >= 11 is 0. The Morgan fingerprint density at radius 2 is 1.81 bits per heavy atom. The van der Waals surface area contributed by atoms with Crippen molar-refractivity contribution in [3.63, 3.8) is 0 Å². The summed E-state index contributed by atoms with van der Waals surface area (Å²) in [4.78, 5) is 11.6. The molecule has 0 saturated carbocycles. The lowest BCUT2D eigenvalue weighted by Crippen LogP contribution is -2.36. The maximum atomic E-state index is 12.3. The number of nitrogens with one attached hydrogen (secondary N) is 1. The van der Waals surface area contributed by atoms with Crippen LogP contribution in [-0.4, -0.2) is 31.9 Å². The van der Waals surface area contributed by atoms with Crippen LogP contribution in [-0.2, 0) is 9.53 Å². The van der Waals surface area contributed by atoms with E-state index in [2.05, 4.69) is 10.1 Å². The number of alkyl halides is 3. The van der Waals surface area contributed by atoms with E-state index in [1.807, 2.05) is 13.8 Å². The third kappa shape index (κ3) is 6.03. The minimum atomic E-state index is -4.41. The lowest BCUT2D eigenvalue weighted by atomic mass is 10.1. The molecule has 0 spiro atoms. The van der Waals surface area contributed by atoms with Crippen molar-refractivity contribution < 1.29 is 27.4 Å². The molecule has 118 valence electrons. The van der Waals surface area contributed by atoms with Crippen LogP contribution in [0.2, 0.25) is 0 Å². The topological polar surface area (TPSA) is 47.6 Å². The number of hydrogen-bond acceptors (Lipinski definition) is 4. The van der Waals surface area contributed by atoms with E-state index >= 15 is 0 Å². The summed E-state index contributed by atoms with van der Waals surface area (Å²) in [5.74, 6) is -0.204. The molecule has 1 unspecified atom stereocenters. The van der Waals surface area contributed by atoms with E-state index in [1.54, 1.807) is 12.1 Å². The van der Waals surface area contributed by atoms with E-state index in [0.717, 1.165) is 7.11 Å². The standard InChI is InChI=1S/C14H18F3NO3/c1-9(2)21-11-6-4-10(5-7-11)12(13(19)20-3)18-8-14(15,16)17/h4-7,9,12,18H,8H2,1-3H3. The second kappa shape index (κ2) is 7.31. The molecule has 7 heteroatoms. The normalized spacial score (nSPS) is 13.1. The average molecular weight is 305 g/mol. The van der Waals surface area contributed by atoms with Crippen LogP contribution in [0.15, 0.2) is 24.3 Å². The fourth-order valence-electron chi connectivity index (χ4n) is 1.68. The second-order valence-corrected chi connectivity index (χ2v) is 4.69. The van der Waals surface area contributed by atoms with Crippen molar-refractivity contribution in [3.05, 3.63) is 29.8 Å². The molecule has 0 heterocycles. The van der Waals surface area contributed by atoms with Crippen molar-refractivity contribution in [2.75, 3.05) is 13.7 Å². The number of benzene rings is 1. The van der Waals surface area contributed by atoms with Crippen LogP contribution in [0.4, 0.5) is 13.2 Å². The van der Waals surface area contributed by atoms with Gasteiger partial charge in [-0.1, -0.05) is 12.1 Å². The second-order valence-electron chi connectivity index (χ2n) is 4.69. The van der Waals surface area contributed by atoms with Gasteiger partial charge in [0.05, 0.1) is 19.8 Å². The summed E-state index contributed by atoms with van der Waals surface area (Å²) in [6.07, 6.45) is -4.43. The highest BCUT2D eigenvalue weighted by Gasteiger charge is 2.31. The quantitative estimate of drug-likeness (QED) is 0.821. The van der Waals surface area contributed by atoms with Gasteiger partial charge in [0.2, 0.25) is 0 Å². The van der Waals surface area contributed by atoms with Gasteiger partial charge in [0.15, 0.2) is 0 Å². The van der Waals surface area contributed by atoms with Crippen LogP contribution in [0.1, 0.15) is 25.5 Å². The number of hydrogen-bond donors (Lipinski definition) is 1. The molecular formula is C14H18F3NO3. The monoisotopic (exact) mass is 305 g/mol. The Hall–Kier alpha value is -1.76. The van der Waals surface area contributed by atoms with E-state index in [-0.39, 0.29) is 6.10 Å². The van der Waals surface area contributed by atoms with Crippen LogP contribution >= 0.6 is 0 Å². The SMILES string of the molecule is COC(=O)C(NCC(F)(F)F)c1ccc(OC(C)C)cc1. The van der Waals surface area contributed by atoms with Gasteiger partial charge in [-0.15, -0.1) is 0 Å². The molecular weight excluding hydrogens is 287 g/mol. The molecule has 0 saturated heterocycles. The highest BCUT2D eigenvalue weighted by atomic mass is 19.4. The van der Waals surface area contributed by atoms with Gasteiger partial charge in [-0.25, -0.2) is 4.79 Å². The average Bonchev–Trinajstić information content (AvgIpc) is 2.38. The Kier molecular flexibility index (Phi) is 6.02. The van der Waals surface area contributed by atoms with Gasteiger partial charge < -0.3 is 9.47 Å². The summed E-state index contributed by atoms with van der Waals surface area (Å²) in [6.45, 7) is 2.43. The van der Waals surface area contributed by atoms with Crippen molar-refractivity contribution in [3.8, 4) is 5.75 Å². The summed E-state index contributed by atoms with van der Waals surface area (Å²) in [5, 5.41) is 2.15. The van der Waals surface area contributed by atoms with Crippen LogP contribution in [0.5, 0.6) is 5.75 Å². The Morgan fingerprint density at radius 3 is 2.24 bits per heavy atom. The fraction of sp³-hybridized carbons (Fsp3) is 0.500. The van der Waals surface area contributed by atoms with E-state index in [0.29, 0.717) is 11.3 Å². The number of halogens is 3. The highest BCUT2D eigenvalue weighted by Crippen LogP contribution is 2.21. The minimum absolute atomic E-state index is 0.0180. The molecule has 4 nitrogen and oxygen atoms in total. The summed E-state index contributed by atoms with van der Waals surface area (Å²) in [6, 6.07) is 5.08. The molecule has 1 atom stereocenters. The molecule has 0 aliphatic heterocycles. The van der Waals surface area contributed by atoms with Crippen molar-refractivity contribution in [1.29, 1.82) is 0 Å². The molecule has 1 N–H and O–H groups in total. The third-order valence-corrected chi connectivity index (χ3v) is 2.53. The van der Waals surface area contributed by atoms with Crippen molar-refractivity contribution in [1.82, 2.24) is 5.32 Å².